The highest BCUT2D eigenvalue weighted by molar-refractivity contribution is 7.19. The lowest BCUT2D eigenvalue weighted by molar-refractivity contribution is -0.274. The largest absolute Gasteiger partial charge is 0.573 e. The molecule has 0 unspecified atom stereocenters. The number of anilines is 1. The van der Waals surface area contributed by atoms with E-state index < -0.39 is 12.4 Å². The maximum absolute atomic E-state index is 12.3. The molecule has 0 saturated carbocycles. The number of alkyl halides is 3. The summed E-state index contributed by atoms with van der Waals surface area (Å²) in [6.45, 7) is 1.95. The third-order valence-corrected chi connectivity index (χ3v) is 4.55. The molecule has 0 aliphatic rings. The topological polar surface area (TPSA) is 63.2 Å². The minimum atomic E-state index is -4.75. The van der Waals surface area contributed by atoms with Crippen LogP contribution in [0, 0.1) is 6.92 Å². The van der Waals surface area contributed by atoms with Gasteiger partial charge in [-0.2, -0.15) is 0 Å². The molecule has 2 aromatic heterocycles. The molecule has 0 spiro atoms. The first-order valence-electron chi connectivity index (χ1n) is 7.54. The Bertz CT molecular complexity index is 940. The number of carbonyl (C=O) groups excluding carboxylic acids is 1. The molecule has 2 amide bonds. The molecule has 0 atom stereocenters. The van der Waals surface area contributed by atoms with Crippen LogP contribution in [0.4, 0.5) is 23.7 Å². The number of carbonyl (C=O) groups is 1. The maximum Gasteiger partial charge on any atom is 0.573 e. The first-order valence-corrected chi connectivity index (χ1v) is 8.36. The lowest BCUT2D eigenvalue weighted by Gasteiger charge is -2.11. The number of rotatable bonds is 4. The van der Waals surface area contributed by atoms with Crippen molar-refractivity contribution in [2.24, 2.45) is 0 Å². The van der Waals surface area contributed by atoms with E-state index in [-0.39, 0.29) is 12.3 Å². The average molecular weight is 381 g/mol. The van der Waals surface area contributed by atoms with Gasteiger partial charge in [-0.1, -0.05) is 12.1 Å². The fraction of sp³-hybridized carbons (Fsp3) is 0.176. The minimum absolute atomic E-state index is 0.0591. The fourth-order valence-corrected chi connectivity index (χ4v) is 3.41. The van der Waals surface area contributed by atoms with E-state index in [2.05, 4.69) is 20.4 Å². The van der Waals surface area contributed by atoms with Crippen LogP contribution in [0.3, 0.4) is 0 Å². The lowest BCUT2D eigenvalue weighted by atomic mass is 10.2. The van der Waals surface area contributed by atoms with Gasteiger partial charge in [0.25, 0.3) is 0 Å². The van der Waals surface area contributed by atoms with Crippen molar-refractivity contribution >= 4 is 33.1 Å². The van der Waals surface area contributed by atoms with Crippen molar-refractivity contribution in [2.45, 2.75) is 19.8 Å². The van der Waals surface area contributed by atoms with Gasteiger partial charge in [0.2, 0.25) is 0 Å². The third kappa shape index (κ3) is 4.42. The van der Waals surface area contributed by atoms with E-state index >= 15 is 0 Å². The summed E-state index contributed by atoms with van der Waals surface area (Å²) in [5.41, 5.74) is 1.18. The number of halogens is 3. The van der Waals surface area contributed by atoms with Gasteiger partial charge in [0.05, 0.1) is 10.4 Å². The Hall–Kier alpha value is -2.81. The van der Waals surface area contributed by atoms with Crippen molar-refractivity contribution in [3.63, 3.8) is 0 Å². The second-order valence-corrected chi connectivity index (χ2v) is 6.66. The van der Waals surface area contributed by atoms with Gasteiger partial charge in [-0.15, -0.1) is 24.5 Å². The molecule has 0 radical (unpaired) electrons. The highest BCUT2D eigenvalue weighted by Gasteiger charge is 2.31. The van der Waals surface area contributed by atoms with Crippen molar-refractivity contribution < 1.29 is 22.7 Å². The van der Waals surface area contributed by atoms with Gasteiger partial charge >= 0.3 is 12.4 Å². The highest BCUT2D eigenvalue weighted by atomic mass is 32.1. The number of nitrogens with zero attached hydrogens (tertiary/aromatic N) is 1. The van der Waals surface area contributed by atoms with Crippen LogP contribution in [0.15, 0.2) is 42.7 Å². The first-order chi connectivity index (χ1) is 12.3. The number of amides is 2. The molecule has 2 heterocycles. The first kappa shape index (κ1) is 18.0. The maximum atomic E-state index is 12.3. The number of aryl methyl sites for hydroxylation is 1. The summed E-state index contributed by atoms with van der Waals surface area (Å²) >= 11 is 1.51. The van der Waals surface area contributed by atoms with Gasteiger partial charge in [-0.25, -0.2) is 4.79 Å². The standard InChI is InChI=1S/C17H14F3N3O2S/c1-10-15(13-5-6-21-9-14(13)26-10)23-16(24)22-8-11-3-2-4-12(7-11)25-17(18,19)20/h2-7,9H,8H2,1H3,(H2,22,23,24). The van der Waals surface area contributed by atoms with E-state index in [1.54, 1.807) is 18.5 Å². The van der Waals surface area contributed by atoms with Crippen molar-refractivity contribution in [3.05, 3.63) is 53.2 Å². The Morgan fingerprint density at radius 3 is 2.88 bits per heavy atom. The van der Waals surface area contributed by atoms with E-state index in [4.69, 9.17) is 0 Å². The van der Waals surface area contributed by atoms with Crippen LogP contribution in [0.25, 0.3) is 10.1 Å². The van der Waals surface area contributed by atoms with E-state index in [9.17, 15) is 18.0 Å². The summed E-state index contributed by atoms with van der Waals surface area (Å²) in [4.78, 5) is 17.1. The zero-order valence-electron chi connectivity index (χ0n) is 13.6. The Morgan fingerprint density at radius 1 is 1.31 bits per heavy atom. The summed E-state index contributed by atoms with van der Waals surface area (Å²) < 4.78 is 41.6. The zero-order chi connectivity index (χ0) is 18.7. The average Bonchev–Trinajstić information content (AvgIpc) is 2.88. The summed E-state index contributed by atoms with van der Waals surface area (Å²) in [7, 11) is 0. The predicted octanol–water partition coefficient (Wildman–Crippen LogP) is 4.83. The SMILES string of the molecule is Cc1sc2cnccc2c1NC(=O)NCc1cccc(OC(F)(F)F)c1. The molecule has 0 aliphatic heterocycles. The molecular weight excluding hydrogens is 367 g/mol. The van der Waals surface area contributed by atoms with Crippen molar-refractivity contribution in [1.82, 2.24) is 10.3 Å². The molecule has 2 N–H and O–H groups in total. The monoisotopic (exact) mass is 381 g/mol. The number of nitrogens with one attached hydrogen (secondary N) is 2. The number of hydrogen-bond donors (Lipinski definition) is 2. The fourth-order valence-electron chi connectivity index (χ4n) is 2.42. The van der Waals surface area contributed by atoms with E-state index in [0.29, 0.717) is 11.3 Å². The molecule has 0 fully saturated rings. The number of urea groups is 1. The van der Waals surface area contributed by atoms with Gasteiger partial charge in [-0.3, -0.25) is 4.98 Å². The smallest absolute Gasteiger partial charge is 0.406 e. The van der Waals surface area contributed by atoms with Gasteiger partial charge in [0.15, 0.2) is 0 Å². The van der Waals surface area contributed by atoms with Crippen LogP contribution in [0.2, 0.25) is 0 Å². The van der Waals surface area contributed by atoms with Crippen LogP contribution >= 0.6 is 11.3 Å². The van der Waals surface area contributed by atoms with Gasteiger partial charge in [-0.05, 0) is 30.7 Å². The van der Waals surface area contributed by atoms with Crippen LogP contribution in [0.5, 0.6) is 5.75 Å². The van der Waals surface area contributed by atoms with Crippen LogP contribution in [0.1, 0.15) is 10.4 Å². The summed E-state index contributed by atoms with van der Waals surface area (Å²) in [5.74, 6) is -0.329. The molecule has 0 saturated heterocycles. The number of aromatic nitrogens is 1. The molecule has 1 aromatic carbocycles. The Labute approximate surface area is 150 Å². The Kier molecular flexibility index (Phi) is 4.99. The number of ether oxygens (including phenoxy) is 1. The Morgan fingerprint density at radius 2 is 2.12 bits per heavy atom. The van der Waals surface area contributed by atoms with Crippen LogP contribution < -0.4 is 15.4 Å². The summed E-state index contributed by atoms with van der Waals surface area (Å²) in [6, 6.07) is 6.81. The normalized spacial score (nSPS) is 11.4. The van der Waals surface area contributed by atoms with Crippen molar-refractivity contribution in [2.75, 3.05) is 5.32 Å². The molecule has 0 aliphatic carbocycles. The second kappa shape index (κ2) is 7.20. The molecule has 9 heteroatoms. The summed E-state index contributed by atoms with van der Waals surface area (Å²) in [5, 5.41) is 6.29. The Balaban J connectivity index is 1.64. The quantitative estimate of drug-likeness (QED) is 0.681. The van der Waals surface area contributed by atoms with Crippen LogP contribution in [-0.4, -0.2) is 17.4 Å². The number of pyridine rings is 1. The van der Waals surface area contributed by atoms with Gasteiger partial charge in [0.1, 0.15) is 5.75 Å². The number of benzene rings is 1. The van der Waals surface area contributed by atoms with Gasteiger partial charge < -0.3 is 15.4 Å². The third-order valence-electron chi connectivity index (χ3n) is 3.49. The molecule has 5 nitrogen and oxygen atoms in total. The molecule has 26 heavy (non-hydrogen) atoms. The van der Waals surface area contributed by atoms with E-state index in [1.165, 1.54) is 29.5 Å². The molecule has 3 rings (SSSR count). The molecule has 0 bridgehead atoms. The second-order valence-electron chi connectivity index (χ2n) is 5.41. The van der Waals surface area contributed by atoms with E-state index in [0.717, 1.165) is 15.0 Å². The highest BCUT2D eigenvalue weighted by Crippen LogP contribution is 2.34. The van der Waals surface area contributed by atoms with Crippen molar-refractivity contribution in [1.29, 1.82) is 0 Å². The van der Waals surface area contributed by atoms with Gasteiger partial charge in [0, 0.05) is 29.2 Å². The molecule has 136 valence electrons. The molecular formula is C17H14F3N3O2S. The minimum Gasteiger partial charge on any atom is -0.406 e. The lowest BCUT2D eigenvalue weighted by Crippen LogP contribution is -2.28. The predicted molar refractivity (Wildman–Crippen MR) is 93.3 cm³/mol. The molecule has 3 aromatic rings. The van der Waals surface area contributed by atoms with E-state index in [1.807, 2.05) is 13.0 Å². The summed E-state index contributed by atoms with van der Waals surface area (Å²) in [6.07, 6.45) is -1.39. The zero-order valence-corrected chi connectivity index (χ0v) is 14.4. The van der Waals surface area contributed by atoms with Crippen LogP contribution in [-0.2, 0) is 6.54 Å². The number of hydrogen-bond acceptors (Lipinski definition) is 4. The number of thiophene rings is 1. The van der Waals surface area contributed by atoms with Crippen molar-refractivity contribution in [3.8, 4) is 5.75 Å². The number of fused-ring (bicyclic) bond motifs is 1.